The van der Waals surface area contributed by atoms with Crippen LogP contribution in [0.3, 0.4) is 0 Å². The molecule has 2 aliphatic carbocycles. The summed E-state index contributed by atoms with van der Waals surface area (Å²) in [4.78, 5) is 0. The normalized spacial score (nSPS) is 35.6. The molecule has 1 fully saturated rings. The van der Waals surface area contributed by atoms with Crippen LogP contribution in [0, 0.1) is 23.7 Å². The van der Waals surface area contributed by atoms with E-state index in [1.165, 1.54) is 30.4 Å². The van der Waals surface area contributed by atoms with Gasteiger partial charge in [0.1, 0.15) is 17.6 Å². The number of aryl methyl sites for hydroxylation is 1. The van der Waals surface area contributed by atoms with E-state index in [0.717, 1.165) is 17.9 Å². The molecule has 0 amide bonds. The Balaban J connectivity index is 1.89. The van der Waals surface area contributed by atoms with E-state index < -0.39 is 0 Å². The highest BCUT2D eigenvalue weighted by Gasteiger charge is 2.55. The summed E-state index contributed by atoms with van der Waals surface area (Å²) < 4.78 is 12.1. The lowest BCUT2D eigenvalue weighted by atomic mass is 9.54. The summed E-state index contributed by atoms with van der Waals surface area (Å²) in [6.07, 6.45) is 7.85. The van der Waals surface area contributed by atoms with Crippen molar-refractivity contribution in [1.29, 1.82) is 0 Å². The van der Waals surface area contributed by atoms with E-state index in [1.54, 1.807) is 12.7 Å². The first kappa shape index (κ1) is 17.0. The molecule has 1 aromatic rings. The van der Waals surface area contributed by atoms with Crippen molar-refractivity contribution in [3.8, 4) is 11.5 Å². The lowest BCUT2D eigenvalue weighted by Gasteiger charge is -2.49. The van der Waals surface area contributed by atoms with Gasteiger partial charge in [-0.1, -0.05) is 45.8 Å². The molecular formula is C23H32O2. The van der Waals surface area contributed by atoms with Crippen LogP contribution in [0.25, 0.3) is 0 Å². The molecule has 0 saturated heterocycles. The van der Waals surface area contributed by atoms with Crippen molar-refractivity contribution in [3.05, 3.63) is 34.9 Å². The number of rotatable bonds is 1. The van der Waals surface area contributed by atoms with Gasteiger partial charge >= 0.3 is 0 Å². The molecule has 0 radical (unpaired) electrons. The minimum Gasteiger partial charge on any atom is -0.496 e. The van der Waals surface area contributed by atoms with Gasteiger partial charge < -0.3 is 9.47 Å². The number of allylic oxidation sites excluding steroid dienone is 2. The van der Waals surface area contributed by atoms with E-state index in [1.807, 2.05) is 0 Å². The van der Waals surface area contributed by atoms with Crippen LogP contribution in [0.4, 0.5) is 0 Å². The van der Waals surface area contributed by atoms with Gasteiger partial charge in [-0.3, -0.25) is 0 Å². The van der Waals surface area contributed by atoms with Gasteiger partial charge in [0.05, 0.1) is 7.11 Å². The average molecular weight is 341 g/mol. The van der Waals surface area contributed by atoms with Crippen molar-refractivity contribution >= 4 is 0 Å². The molecule has 1 saturated carbocycles. The number of fused-ring (bicyclic) bond motifs is 5. The molecule has 1 aromatic carbocycles. The van der Waals surface area contributed by atoms with E-state index in [9.17, 15) is 0 Å². The molecule has 0 bridgehead atoms. The Morgan fingerprint density at radius 1 is 1.16 bits per heavy atom. The monoisotopic (exact) mass is 340 g/mol. The summed E-state index contributed by atoms with van der Waals surface area (Å²) in [6.45, 7) is 11.9. The summed E-state index contributed by atoms with van der Waals surface area (Å²) in [5.74, 6) is 2.98. The molecule has 1 heterocycles. The third-order valence-corrected chi connectivity index (χ3v) is 7.24. The zero-order valence-electron chi connectivity index (χ0n) is 16.6. The van der Waals surface area contributed by atoms with Gasteiger partial charge in [0.15, 0.2) is 0 Å². The van der Waals surface area contributed by atoms with Crippen molar-refractivity contribution in [3.63, 3.8) is 0 Å². The van der Waals surface area contributed by atoms with E-state index in [0.29, 0.717) is 17.3 Å². The van der Waals surface area contributed by atoms with E-state index in [4.69, 9.17) is 9.47 Å². The molecule has 2 nitrogen and oxygen atoms in total. The van der Waals surface area contributed by atoms with Gasteiger partial charge in [-0.2, -0.15) is 0 Å². The Bertz CT molecular complexity index is 730. The van der Waals surface area contributed by atoms with Crippen molar-refractivity contribution < 1.29 is 9.47 Å². The maximum atomic E-state index is 6.57. The predicted octanol–water partition coefficient (Wildman–Crippen LogP) is 6.03. The fourth-order valence-electron chi connectivity index (χ4n) is 6.01. The van der Waals surface area contributed by atoms with Crippen LogP contribution in [-0.4, -0.2) is 13.2 Å². The first-order valence-electron chi connectivity index (χ1n) is 9.84. The molecule has 25 heavy (non-hydrogen) atoms. The van der Waals surface area contributed by atoms with Crippen LogP contribution in [-0.2, 0) is 0 Å². The molecule has 136 valence electrons. The molecule has 4 atom stereocenters. The fraction of sp³-hybridized carbons (Fsp3) is 0.652. The Kier molecular flexibility index (Phi) is 3.76. The van der Waals surface area contributed by atoms with Crippen molar-refractivity contribution in [1.82, 2.24) is 0 Å². The van der Waals surface area contributed by atoms with E-state index >= 15 is 0 Å². The zero-order valence-corrected chi connectivity index (χ0v) is 16.6. The minimum absolute atomic E-state index is 0.198. The number of benzene rings is 1. The first-order valence-corrected chi connectivity index (χ1v) is 9.84. The largest absolute Gasteiger partial charge is 0.496 e. The van der Waals surface area contributed by atoms with Crippen molar-refractivity contribution in [2.75, 3.05) is 7.11 Å². The average Bonchev–Trinajstić information content (AvgIpc) is 2.86. The second-order valence-corrected chi connectivity index (χ2v) is 9.41. The van der Waals surface area contributed by atoms with Crippen LogP contribution >= 0.6 is 0 Å². The van der Waals surface area contributed by atoms with Crippen molar-refractivity contribution in [2.24, 2.45) is 16.7 Å². The molecule has 0 N–H and O–H groups in total. The Morgan fingerprint density at radius 3 is 2.64 bits per heavy atom. The number of methoxy groups -OCH3 is 1. The third kappa shape index (κ3) is 2.36. The number of ether oxygens (including phenoxy) is 2. The summed E-state index contributed by atoms with van der Waals surface area (Å²) in [5, 5.41) is 0. The third-order valence-electron chi connectivity index (χ3n) is 7.24. The van der Waals surface area contributed by atoms with Crippen LogP contribution < -0.4 is 9.47 Å². The SMILES string of the molecule is COc1cc2c(cc1C)[C@H]1[C@@H](O2)[C@H](C)CC=C2C(C)(C)CCC[C@@]21C. The molecular weight excluding hydrogens is 308 g/mol. The molecule has 1 aliphatic heterocycles. The van der Waals surface area contributed by atoms with Gasteiger partial charge in [0, 0.05) is 17.5 Å². The minimum atomic E-state index is 0.198. The first-order chi connectivity index (χ1) is 11.8. The van der Waals surface area contributed by atoms with Crippen LogP contribution in [0.1, 0.15) is 70.4 Å². The summed E-state index contributed by atoms with van der Waals surface area (Å²) >= 11 is 0. The molecule has 0 aromatic heterocycles. The topological polar surface area (TPSA) is 18.5 Å². The lowest BCUT2D eigenvalue weighted by Crippen LogP contribution is -2.42. The van der Waals surface area contributed by atoms with Crippen LogP contribution in [0.5, 0.6) is 11.5 Å². The maximum absolute atomic E-state index is 6.57. The standard InChI is InChI=1S/C23H32O2/c1-14-8-9-19-22(3,4)10-7-11-23(19,5)20-16-12-15(2)17(24-6)13-18(16)25-21(14)20/h9,12-14,20-21H,7-8,10-11H2,1-6H3/t14-,20+,21+,23+/m1/s1. The highest BCUT2D eigenvalue weighted by atomic mass is 16.5. The lowest BCUT2D eigenvalue weighted by molar-refractivity contribution is 0.0781. The molecule has 0 unspecified atom stereocenters. The maximum Gasteiger partial charge on any atom is 0.127 e. The van der Waals surface area contributed by atoms with Gasteiger partial charge in [-0.05, 0) is 54.6 Å². The quantitative estimate of drug-likeness (QED) is 0.581. The highest BCUT2D eigenvalue weighted by molar-refractivity contribution is 5.53. The van der Waals surface area contributed by atoms with Crippen molar-refractivity contribution in [2.45, 2.75) is 72.3 Å². The van der Waals surface area contributed by atoms with E-state index in [2.05, 4.69) is 52.8 Å². The Labute approximate surface area is 152 Å². The summed E-state index contributed by atoms with van der Waals surface area (Å²) in [7, 11) is 1.75. The summed E-state index contributed by atoms with van der Waals surface area (Å²) in [6, 6.07) is 4.45. The predicted molar refractivity (Wildman–Crippen MR) is 102 cm³/mol. The van der Waals surface area contributed by atoms with Gasteiger partial charge in [-0.15, -0.1) is 0 Å². The Hall–Kier alpha value is -1.44. The molecule has 4 rings (SSSR count). The molecule has 3 aliphatic rings. The number of hydrogen-bond acceptors (Lipinski definition) is 2. The second kappa shape index (κ2) is 5.53. The zero-order chi connectivity index (χ0) is 18.0. The highest BCUT2D eigenvalue weighted by Crippen LogP contribution is 2.63. The van der Waals surface area contributed by atoms with Gasteiger partial charge in [-0.25, -0.2) is 0 Å². The number of hydrogen-bond donors (Lipinski definition) is 0. The van der Waals surface area contributed by atoms with Crippen LogP contribution in [0.2, 0.25) is 0 Å². The molecule has 2 heteroatoms. The Morgan fingerprint density at radius 2 is 1.92 bits per heavy atom. The van der Waals surface area contributed by atoms with Crippen LogP contribution in [0.15, 0.2) is 23.8 Å². The molecule has 0 spiro atoms. The summed E-state index contributed by atoms with van der Waals surface area (Å²) in [5.41, 5.74) is 4.79. The van der Waals surface area contributed by atoms with Gasteiger partial charge in [0.25, 0.3) is 0 Å². The van der Waals surface area contributed by atoms with Gasteiger partial charge in [0.2, 0.25) is 0 Å². The van der Waals surface area contributed by atoms with E-state index in [-0.39, 0.29) is 11.5 Å². The second-order valence-electron chi connectivity index (χ2n) is 9.41. The fourth-order valence-corrected chi connectivity index (χ4v) is 6.01. The smallest absolute Gasteiger partial charge is 0.127 e.